The third-order valence-electron chi connectivity index (χ3n) is 6.82. The quantitative estimate of drug-likeness (QED) is 0.124. The zero-order valence-corrected chi connectivity index (χ0v) is 22.8. The van der Waals surface area contributed by atoms with Crippen LogP contribution in [-0.2, 0) is 30.4 Å². The number of carboxylic acids is 2. The van der Waals surface area contributed by atoms with Crippen LogP contribution in [-0.4, -0.2) is 75.6 Å². The number of para-hydroxylation sites is 1. The molecule has 0 spiro atoms. The molecule has 13 heteroatoms. The van der Waals surface area contributed by atoms with Gasteiger partial charge in [0, 0.05) is 23.5 Å². The van der Waals surface area contributed by atoms with E-state index >= 15 is 0 Å². The third-order valence-corrected chi connectivity index (χ3v) is 6.82. The van der Waals surface area contributed by atoms with E-state index in [4.69, 9.17) is 16.6 Å². The molecule has 13 nitrogen and oxygen atoms in total. The highest BCUT2D eigenvalue weighted by atomic mass is 16.4. The highest BCUT2D eigenvalue weighted by molar-refractivity contribution is 5.95. The fourth-order valence-corrected chi connectivity index (χ4v) is 4.26. The molecule has 10 N–H and O–H groups in total. The molecular formula is C27H40N6O7. The lowest BCUT2D eigenvalue weighted by atomic mass is 9.96. The smallest absolute Gasteiger partial charge is 0.326 e. The normalized spacial score (nSPS) is 14.9. The minimum absolute atomic E-state index is 0.0154. The van der Waals surface area contributed by atoms with Crippen molar-refractivity contribution in [1.82, 2.24) is 20.9 Å². The lowest BCUT2D eigenvalue weighted by Crippen LogP contribution is -2.58. The number of aromatic amines is 1. The lowest BCUT2D eigenvalue weighted by Gasteiger charge is -2.28. The molecule has 0 saturated heterocycles. The number of amides is 3. The van der Waals surface area contributed by atoms with Crippen molar-refractivity contribution >= 4 is 40.6 Å². The number of carboxylic acid groups (broad SMARTS) is 2. The largest absolute Gasteiger partial charge is 0.481 e. The molecule has 0 saturated carbocycles. The minimum atomic E-state index is -1.36. The first kappa shape index (κ1) is 32.2. The molecule has 0 radical (unpaired) electrons. The van der Waals surface area contributed by atoms with Crippen molar-refractivity contribution in [2.45, 2.75) is 76.5 Å². The first-order valence-electron chi connectivity index (χ1n) is 13.3. The Morgan fingerprint density at radius 1 is 0.950 bits per heavy atom. The van der Waals surface area contributed by atoms with Gasteiger partial charge < -0.3 is 42.6 Å². The monoisotopic (exact) mass is 560 g/mol. The number of rotatable bonds is 17. The van der Waals surface area contributed by atoms with Crippen LogP contribution in [0, 0.1) is 5.92 Å². The van der Waals surface area contributed by atoms with Gasteiger partial charge in [0.2, 0.25) is 17.7 Å². The molecule has 0 bridgehead atoms. The van der Waals surface area contributed by atoms with Gasteiger partial charge in [0.1, 0.15) is 18.1 Å². The molecule has 1 aromatic carbocycles. The molecule has 220 valence electrons. The van der Waals surface area contributed by atoms with E-state index in [2.05, 4.69) is 20.9 Å². The average Bonchev–Trinajstić information content (AvgIpc) is 3.32. The van der Waals surface area contributed by atoms with Crippen LogP contribution in [0.15, 0.2) is 30.5 Å². The van der Waals surface area contributed by atoms with E-state index in [1.807, 2.05) is 31.2 Å². The van der Waals surface area contributed by atoms with E-state index in [0.29, 0.717) is 31.4 Å². The number of H-pyrrole nitrogens is 1. The number of aliphatic carboxylic acids is 2. The number of carbonyl (C=O) groups excluding carboxylic acids is 3. The van der Waals surface area contributed by atoms with Gasteiger partial charge in [-0.25, -0.2) is 4.79 Å². The Morgan fingerprint density at radius 3 is 2.25 bits per heavy atom. The molecule has 3 amide bonds. The number of nitrogens with two attached hydrogens (primary N) is 2. The van der Waals surface area contributed by atoms with Gasteiger partial charge in [0.15, 0.2) is 0 Å². The van der Waals surface area contributed by atoms with Gasteiger partial charge in [0.25, 0.3) is 0 Å². The third kappa shape index (κ3) is 9.35. The molecule has 2 rings (SSSR count). The van der Waals surface area contributed by atoms with E-state index in [0.717, 1.165) is 10.9 Å². The van der Waals surface area contributed by atoms with E-state index in [-0.39, 0.29) is 18.8 Å². The summed E-state index contributed by atoms with van der Waals surface area (Å²) in [6, 6.07) is 2.58. The zero-order valence-electron chi connectivity index (χ0n) is 22.8. The van der Waals surface area contributed by atoms with Crippen LogP contribution in [0.5, 0.6) is 0 Å². The van der Waals surface area contributed by atoms with Crippen molar-refractivity contribution in [3.8, 4) is 0 Å². The standard InChI is InChI=1S/C27H40N6O7/c1-3-15(2)23(33-24(36)18(29)13-22(34)35)26(38)31-20(10-6-7-11-28)25(37)32-21(27(39)40)12-16-14-30-19-9-5-4-8-17(16)19/h4-5,8-9,14-15,18,20-21,23,30H,3,6-7,10-13,28-29H2,1-2H3,(H,31,38)(H,32,37)(H,33,36)(H,34,35)(H,39,40). The second kappa shape index (κ2) is 15.6. The summed E-state index contributed by atoms with van der Waals surface area (Å²) in [6.45, 7) is 3.90. The summed E-state index contributed by atoms with van der Waals surface area (Å²) >= 11 is 0. The van der Waals surface area contributed by atoms with E-state index in [1.54, 1.807) is 13.1 Å². The number of fused-ring (bicyclic) bond motifs is 1. The predicted molar refractivity (Wildman–Crippen MR) is 148 cm³/mol. The maximum Gasteiger partial charge on any atom is 0.326 e. The summed E-state index contributed by atoms with van der Waals surface area (Å²) in [7, 11) is 0. The van der Waals surface area contributed by atoms with Gasteiger partial charge in [-0.3, -0.25) is 19.2 Å². The summed E-state index contributed by atoms with van der Waals surface area (Å²) < 4.78 is 0. The minimum Gasteiger partial charge on any atom is -0.481 e. The topological polar surface area (TPSA) is 230 Å². The molecule has 0 aliphatic heterocycles. The molecule has 0 aliphatic rings. The fraction of sp³-hybridized carbons (Fsp3) is 0.519. The maximum absolute atomic E-state index is 13.3. The Labute approximate surface area is 232 Å². The highest BCUT2D eigenvalue weighted by Gasteiger charge is 2.33. The number of aromatic nitrogens is 1. The van der Waals surface area contributed by atoms with Crippen molar-refractivity contribution in [2.75, 3.05) is 6.54 Å². The van der Waals surface area contributed by atoms with Gasteiger partial charge in [-0.05, 0) is 43.4 Å². The van der Waals surface area contributed by atoms with Crippen LogP contribution < -0.4 is 27.4 Å². The van der Waals surface area contributed by atoms with Crippen molar-refractivity contribution in [3.63, 3.8) is 0 Å². The van der Waals surface area contributed by atoms with Crippen LogP contribution in [0.3, 0.4) is 0 Å². The summed E-state index contributed by atoms with van der Waals surface area (Å²) in [5.74, 6) is -5.03. The van der Waals surface area contributed by atoms with Crippen LogP contribution in [0.2, 0.25) is 0 Å². The first-order valence-corrected chi connectivity index (χ1v) is 13.3. The van der Waals surface area contributed by atoms with Gasteiger partial charge in [-0.1, -0.05) is 38.5 Å². The van der Waals surface area contributed by atoms with Gasteiger partial charge in [-0.2, -0.15) is 0 Å². The number of carbonyl (C=O) groups is 5. The molecule has 0 fully saturated rings. The van der Waals surface area contributed by atoms with Crippen molar-refractivity contribution in [2.24, 2.45) is 17.4 Å². The molecule has 0 aliphatic carbocycles. The zero-order chi connectivity index (χ0) is 29.8. The Bertz CT molecular complexity index is 1180. The molecule has 5 atom stereocenters. The van der Waals surface area contributed by atoms with Gasteiger partial charge in [-0.15, -0.1) is 0 Å². The molecule has 1 heterocycles. The van der Waals surface area contributed by atoms with Gasteiger partial charge in [0.05, 0.1) is 12.5 Å². The summed E-state index contributed by atoms with van der Waals surface area (Å²) in [4.78, 5) is 65.1. The molecule has 5 unspecified atom stereocenters. The average molecular weight is 561 g/mol. The Hall–Kier alpha value is -3.97. The maximum atomic E-state index is 13.3. The number of unbranched alkanes of at least 4 members (excludes halogenated alkanes) is 1. The van der Waals surface area contributed by atoms with E-state index < -0.39 is 60.2 Å². The number of nitrogens with one attached hydrogen (secondary N) is 4. The second-order valence-corrected chi connectivity index (χ2v) is 9.88. The highest BCUT2D eigenvalue weighted by Crippen LogP contribution is 2.19. The van der Waals surface area contributed by atoms with Crippen LogP contribution in [0.4, 0.5) is 0 Å². The summed E-state index contributed by atoms with van der Waals surface area (Å²) in [5.41, 5.74) is 12.8. The Balaban J connectivity index is 2.20. The first-order chi connectivity index (χ1) is 19.0. The van der Waals surface area contributed by atoms with E-state index in [9.17, 15) is 29.1 Å². The Kier molecular flexibility index (Phi) is 12.6. The molecule has 2 aromatic rings. The van der Waals surface area contributed by atoms with Crippen LogP contribution in [0.1, 0.15) is 51.5 Å². The lowest BCUT2D eigenvalue weighted by molar-refractivity contribution is -0.142. The summed E-state index contributed by atoms with van der Waals surface area (Å²) in [6.07, 6.45) is 2.84. The van der Waals surface area contributed by atoms with Crippen LogP contribution >= 0.6 is 0 Å². The molecule has 1 aromatic heterocycles. The molecular weight excluding hydrogens is 520 g/mol. The van der Waals surface area contributed by atoms with Crippen molar-refractivity contribution < 1.29 is 34.2 Å². The number of hydrogen-bond donors (Lipinski definition) is 8. The second-order valence-electron chi connectivity index (χ2n) is 9.88. The van der Waals surface area contributed by atoms with Gasteiger partial charge >= 0.3 is 11.9 Å². The van der Waals surface area contributed by atoms with Crippen molar-refractivity contribution in [3.05, 3.63) is 36.0 Å². The fourth-order valence-electron chi connectivity index (χ4n) is 4.26. The number of benzene rings is 1. The molecule has 40 heavy (non-hydrogen) atoms. The Morgan fingerprint density at radius 2 is 1.62 bits per heavy atom. The van der Waals surface area contributed by atoms with Crippen LogP contribution in [0.25, 0.3) is 10.9 Å². The SMILES string of the molecule is CCC(C)C(NC(=O)C(N)CC(=O)O)C(=O)NC(CCCCN)C(=O)NC(Cc1c[nH]c2ccccc12)C(=O)O. The van der Waals surface area contributed by atoms with Crippen molar-refractivity contribution in [1.29, 1.82) is 0 Å². The van der Waals surface area contributed by atoms with E-state index in [1.165, 1.54) is 0 Å². The predicted octanol–water partition coefficient (Wildman–Crippen LogP) is 0.227. The number of hydrogen-bond acceptors (Lipinski definition) is 7. The summed E-state index contributed by atoms with van der Waals surface area (Å²) in [5, 5.41) is 27.3.